The molecule has 1 aromatic carbocycles. The lowest BCUT2D eigenvalue weighted by Crippen LogP contribution is -2.52. The number of fused-ring (bicyclic) bond motifs is 1. The maximum absolute atomic E-state index is 14.9. The van der Waals surface area contributed by atoms with Crippen LogP contribution in [0.5, 0.6) is 0 Å². The lowest BCUT2D eigenvalue weighted by Gasteiger charge is -2.43. The summed E-state index contributed by atoms with van der Waals surface area (Å²) in [7, 11) is 0. The number of hydrogen-bond donors (Lipinski definition) is 0. The molecule has 2 aliphatic rings. The molecule has 1 aliphatic carbocycles. The number of rotatable bonds is 7. The third-order valence-corrected chi connectivity index (χ3v) is 7.93. The van der Waals surface area contributed by atoms with Crippen molar-refractivity contribution in [1.82, 2.24) is 19.6 Å². The van der Waals surface area contributed by atoms with Gasteiger partial charge in [-0.2, -0.15) is 4.98 Å². The van der Waals surface area contributed by atoms with Gasteiger partial charge in [-0.25, -0.2) is 24.9 Å². The van der Waals surface area contributed by atoms with Gasteiger partial charge in [0.25, 0.3) is 11.3 Å². The molecule has 2 aromatic heterocycles. The third kappa shape index (κ3) is 4.77. The Labute approximate surface area is 219 Å². The van der Waals surface area contributed by atoms with Gasteiger partial charge in [0, 0.05) is 39.1 Å². The fourth-order valence-corrected chi connectivity index (χ4v) is 5.89. The van der Waals surface area contributed by atoms with E-state index in [1.54, 1.807) is 18.5 Å². The normalized spacial score (nSPS) is 22.6. The van der Waals surface area contributed by atoms with Crippen molar-refractivity contribution < 1.29 is 23.1 Å². The van der Waals surface area contributed by atoms with Gasteiger partial charge >= 0.3 is 5.97 Å². The summed E-state index contributed by atoms with van der Waals surface area (Å²) in [6, 6.07) is 4.19. The van der Waals surface area contributed by atoms with E-state index in [1.807, 2.05) is 0 Å². The molecule has 3 aromatic rings. The van der Waals surface area contributed by atoms with E-state index < -0.39 is 34.7 Å². The molecule has 0 spiro atoms. The monoisotopic (exact) mass is 521 g/mol. The molecule has 3 heterocycles. The van der Waals surface area contributed by atoms with E-state index in [0.717, 1.165) is 25.7 Å². The van der Waals surface area contributed by atoms with Gasteiger partial charge in [0.15, 0.2) is 11.6 Å². The molecule has 8 nitrogen and oxygen atoms in total. The van der Waals surface area contributed by atoms with Crippen molar-refractivity contribution in [2.75, 3.05) is 0 Å². The Bertz CT molecular complexity index is 1360. The highest BCUT2D eigenvalue weighted by molar-refractivity contribution is 6.01. The Morgan fingerprint density at radius 1 is 1.21 bits per heavy atom. The quantitative estimate of drug-likeness (QED) is 0.252. The molecule has 0 bridgehead atoms. The molecule has 0 radical (unpaired) electrons. The Morgan fingerprint density at radius 3 is 2.55 bits per heavy atom. The molecule has 2 unspecified atom stereocenters. The number of carbonyl (C=O) groups excluding carboxylic acids is 2. The summed E-state index contributed by atoms with van der Waals surface area (Å²) in [6.45, 7) is 10.2. The molecule has 2 atom stereocenters. The lowest BCUT2D eigenvalue weighted by molar-refractivity contribution is -0.185. The second-order valence-electron chi connectivity index (χ2n) is 10.9. The van der Waals surface area contributed by atoms with Gasteiger partial charge in [0.2, 0.25) is 0 Å². The van der Waals surface area contributed by atoms with Crippen molar-refractivity contribution in [3.05, 3.63) is 70.6 Å². The summed E-state index contributed by atoms with van der Waals surface area (Å²) in [5, 5.41) is 4.31. The van der Waals surface area contributed by atoms with E-state index in [9.17, 15) is 18.4 Å². The van der Waals surface area contributed by atoms with Crippen molar-refractivity contribution in [3.63, 3.8) is 0 Å². The van der Waals surface area contributed by atoms with Crippen molar-refractivity contribution >= 4 is 17.5 Å². The number of hydrogen-bond acceptors (Lipinski definition) is 6. The summed E-state index contributed by atoms with van der Waals surface area (Å²) >= 11 is 0. The van der Waals surface area contributed by atoms with Gasteiger partial charge in [-0.1, -0.05) is 12.8 Å². The van der Waals surface area contributed by atoms with Gasteiger partial charge in [-0.05, 0) is 55.4 Å². The Hall–Kier alpha value is -3.74. The second-order valence-corrected chi connectivity index (χ2v) is 10.9. The van der Waals surface area contributed by atoms with Crippen LogP contribution in [0.1, 0.15) is 69.3 Å². The van der Waals surface area contributed by atoms with E-state index in [2.05, 4.69) is 19.9 Å². The van der Waals surface area contributed by atoms with Crippen LogP contribution in [-0.4, -0.2) is 36.9 Å². The number of halogens is 2. The number of esters is 1. The minimum atomic E-state index is -1.33. The number of carbonyl (C=O) groups is 2. The van der Waals surface area contributed by atoms with Gasteiger partial charge in [0.1, 0.15) is 28.7 Å². The lowest BCUT2D eigenvalue weighted by atomic mass is 9.73. The number of nitrogens with zero attached hydrogens (tertiary/aromatic N) is 5. The zero-order valence-corrected chi connectivity index (χ0v) is 21.4. The van der Waals surface area contributed by atoms with Crippen molar-refractivity contribution in [2.24, 2.45) is 11.8 Å². The Morgan fingerprint density at radius 2 is 1.92 bits per heavy atom. The zero-order valence-electron chi connectivity index (χ0n) is 21.4. The predicted octanol–water partition coefficient (Wildman–Crippen LogP) is 4.79. The highest BCUT2D eigenvalue weighted by atomic mass is 19.1. The molecule has 1 aliphatic heterocycles. The molecule has 38 heavy (non-hydrogen) atoms. The fourth-order valence-electron chi connectivity index (χ4n) is 5.89. The maximum Gasteiger partial charge on any atom is 0.317 e. The summed E-state index contributed by atoms with van der Waals surface area (Å²) in [5.41, 5.74) is -2.21. The van der Waals surface area contributed by atoms with Gasteiger partial charge in [-0.15, -0.1) is 5.10 Å². The number of cyclic esters (lactones) is 1. The first kappa shape index (κ1) is 25.9. The number of ether oxygens (including phenoxy) is 1. The molecule has 1 saturated carbocycles. The van der Waals surface area contributed by atoms with E-state index in [1.165, 1.54) is 30.5 Å². The van der Waals surface area contributed by atoms with Gasteiger partial charge in [-0.3, -0.25) is 9.59 Å². The average Bonchev–Trinajstić information content (AvgIpc) is 3.55. The van der Waals surface area contributed by atoms with Crippen LogP contribution in [0.15, 0.2) is 30.6 Å². The molecule has 0 N–H and O–H groups in total. The molecule has 0 amide bonds. The molecule has 2 fully saturated rings. The molecule has 10 heteroatoms. The summed E-state index contributed by atoms with van der Waals surface area (Å²) in [6.07, 6.45) is 7.46. The molecular weight excluding hydrogens is 492 g/mol. The van der Waals surface area contributed by atoms with Gasteiger partial charge < -0.3 is 9.58 Å². The van der Waals surface area contributed by atoms with Crippen LogP contribution in [0.25, 0.3) is 10.6 Å². The van der Waals surface area contributed by atoms with E-state index in [-0.39, 0.29) is 42.9 Å². The molecule has 1 saturated heterocycles. The molecule has 198 valence electrons. The summed E-state index contributed by atoms with van der Waals surface area (Å²) < 4.78 is 37.3. The summed E-state index contributed by atoms with van der Waals surface area (Å²) in [5.74, 6) is -2.68. The minimum absolute atomic E-state index is 0.00360. The fraction of sp³-hybridized carbons (Fsp3) is 0.500. The largest absolute Gasteiger partial charge is 0.458 e. The topological polar surface area (TPSA) is 90.8 Å². The van der Waals surface area contributed by atoms with Crippen molar-refractivity contribution in [3.8, 4) is 0 Å². The third-order valence-electron chi connectivity index (χ3n) is 7.93. The first-order valence-corrected chi connectivity index (χ1v) is 12.9. The van der Waals surface area contributed by atoms with Crippen LogP contribution in [-0.2, 0) is 32.7 Å². The van der Waals surface area contributed by atoms with Crippen LogP contribution < -0.4 is 0 Å². The van der Waals surface area contributed by atoms with Crippen molar-refractivity contribution in [1.29, 1.82) is 0 Å². The standard InChI is InChI=1S/C28H29F2N5O3/c1-27(2,31-3)24-20(29)13-17(14-21(24)30)9-10-28(18-7-4-5-8-18)16-22(36)19(25(37)38-28)15-23-33-26-32-11-6-12-35(26)34-23/h6,11-14,18-19H,4-5,7-10,15-16H2,1-2H3. The second kappa shape index (κ2) is 9.86. The van der Waals surface area contributed by atoms with E-state index in [0.29, 0.717) is 17.2 Å². The van der Waals surface area contributed by atoms with Crippen LogP contribution in [0.2, 0.25) is 0 Å². The molecular formula is C28H29F2N5O3. The highest BCUT2D eigenvalue weighted by Crippen LogP contribution is 2.45. The SMILES string of the molecule is [C-]#[N+]C(C)(C)c1c(F)cc(CCC2(C3CCCC3)CC(=O)C(Cc3nc4ncccn4n3)C(=O)O2)cc1F. The number of ketones is 1. The number of aryl methyl sites for hydroxylation is 1. The molecule has 5 rings (SSSR count). The predicted molar refractivity (Wildman–Crippen MR) is 133 cm³/mol. The Kier molecular flexibility index (Phi) is 6.72. The van der Waals surface area contributed by atoms with Gasteiger partial charge in [0.05, 0.1) is 0 Å². The average molecular weight is 522 g/mol. The van der Waals surface area contributed by atoms with E-state index in [4.69, 9.17) is 11.3 Å². The van der Waals surface area contributed by atoms with Crippen LogP contribution in [0.4, 0.5) is 8.78 Å². The van der Waals surface area contributed by atoms with Crippen LogP contribution >= 0.6 is 0 Å². The number of Topliss-reactive ketones (excluding diaryl/α,β-unsaturated/α-hetero) is 1. The Balaban J connectivity index is 1.36. The van der Waals surface area contributed by atoms with E-state index >= 15 is 0 Å². The number of benzene rings is 1. The summed E-state index contributed by atoms with van der Waals surface area (Å²) in [4.78, 5) is 38.4. The minimum Gasteiger partial charge on any atom is -0.458 e. The first-order chi connectivity index (χ1) is 18.1. The van der Waals surface area contributed by atoms with Crippen molar-refractivity contribution in [2.45, 2.75) is 76.4 Å². The number of aromatic nitrogens is 4. The zero-order chi connectivity index (χ0) is 27.1. The van der Waals surface area contributed by atoms with Crippen LogP contribution in [0.3, 0.4) is 0 Å². The first-order valence-electron chi connectivity index (χ1n) is 12.9. The smallest absolute Gasteiger partial charge is 0.317 e. The maximum atomic E-state index is 14.9. The highest BCUT2D eigenvalue weighted by Gasteiger charge is 2.51. The van der Waals surface area contributed by atoms with Crippen LogP contribution in [0, 0.1) is 30.0 Å².